The van der Waals surface area contributed by atoms with E-state index in [4.69, 9.17) is 0 Å². The van der Waals surface area contributed by atoms with Gasteiger partial charge >= 0.3 is 0 Å². The summed E-state index contributed by atoms with van der Waals surface area (Å²) in [4.78, 5) is 14.3. The summed E-state index contributed by atoms with van der Waals surface area (Å²) in [6.07, 6.45) is 3.71. The molecule has 1 N–H and O–H groups in total. The highest BCUT2D eigenvalue weighted by molar-refractivity contribution is 9.10. The van der Waals surface area contributed by atoms with Crippen molar-refractivity contribution in [1.82, 2.24) is 10.2 Å². The number of hydrogen-bond donors (Lipinski definition) is 1. The molecule has 1 atom stereocenters. The Morgan fingerprint density at radius 2 is 2.16 bits per heavy atom. The summed E-state index contributed by atoms with van der Waals surface area (Å²) < 4.78 is 1.08. The molecule has 1 heterocycles. The van der Waals surface area contributed by atoms with Crippen molar-refractivity contribution in [2.45, 2.75) is 31.7 Å². The van der Waals surface area contributed by atoms with E-state index in [2.05, 4.69) is 38.3 Å². The second-order valence-electron chi connectivity index (χ2n) is 5.07. The average Bonchev–Trinajstić information content (AvgIpc) is 2.86. The molecule has 4 heteroatoms. The van der Waals surface area contributed by atoms with Gasteiger partial charge in [-0.2, -0.15) is 0 Å². The van der Waals surface area contributed by atoms with E-state index < -0.39 is 0 Å². The SMILES string of the molecule is CNCC1CCCN1C(=O)CCc1ccc(Br)cc1. The number of nitrogens with zero attached hydrogens (tertiary/aromatic N) is 1. The standard InChI is InChI=1S/C15H21BrN2O/c1-17-11-14-3-2-10-18(14)15(19)9-6-12-4-7-13(16)8-5-12/h4-5,7-8,14,17H,2-3,6,9-11H2,1H3. The fraction of sp³-hybridized carbons (Fsp3) is 0.533. The predicted molar refractivity (Wildman–Crippen MR) is 81.1 cm³/mol. The number of aryl methyl sites for hydroxylation is 1. The summed E-state index contributed by atoms with van der Waals surface area (Å²) in [6.45, 7) is 1.83. The molecular weight excluding hydrogens is 304 g/mol. The molecule has 1 amide bonds. The molecule has 0 bridgehead atoms. The van der Waals surface area contributed by atoms with Crippen LogP contribution in [-0.2, 0) is 11.2 Å². The Kier molecular flexibility index (Phi) is 5.40. The molecule has 1 saturated heterocycles. The third kappa shape index (κ3) is 4.05. The van der Waals surface area contributed by atoms with Gasteiger partial charge in [0.15, 0.2) is 0 Å². The van der Waals surface area contributed by atoms with Gasteiger partial charge in [0.25, 0.3) is 0 Å². The highest BCUT2D eigenvalue weighted by Crippen LogP contribution is 2.19. The summed E-state index contributed by atoms with van der Waals surface area (Å²) in [5.41, 5.74) is 1.22. The van der Waals surface area contributed by atoms with E-state index in [1.54, 1.807) is 0 Å². The molecule has 1 aromatic carbocycles. The minimum atomic E-state index is 0.292. The Morgan fingerprint density at radius 3 is 2.84 bits per heavy atom. The quantitative estimate of drug-likeness (QED) is 0.902. The van der Waals surface area contributed by atoms with Gasteiger partial charge in [-0.3, -0.25) is 4.79 Å². The van der Waals surface area contributed by atoms with Gasteiger partial charge < -0.3 is 10.2 Å². The monoisotopic (exact) mass is 324 g/mol. The van der Waals surface area contributed by atoms with Crippen LogP contribution in [0.3, 0.4) is 0 Å². The van der Waals surface area contributed by atoms with Crippen LogP contribution >= 0.6 is 15.9 Å². The number of carbonyl (C=O) groups excluding carboxylic acids is 1. The minimum Gasteiger partial charge on any atom is -0.338 e. The van der Waals surface area contributed by atoms with Gasteiger partial charge in [0.05, 0.1) is 0 Å². The van der Waals surface area contributed by atoms with Crippen molar-refractivity contribution in [3.05, 3.63) is 34.3 Å². The molecule has 0 radical (unpaired) electrons. The van der Waals surface area contributed by atoms with Crippen molar-refractivity contribution in [2.75, 3.05) is 20.1 Å². The zero-order chi connectivity index (χ0) is 13.7. The maximum atomic E-state index is 12.3. The largest absolute Gasteiger partial charge is 0.338 e. The first-order valence-corrected chi connectivity index (χ1v) is 7.68. The summed E-state index contributed by atoms with van der Waals surface area (Å²) in [6, 6.07) is 8.60. The van der Waals surface area contributed by atoms with Crippen molar-refractivity contribution < 1.29 is 4.79 Å². The van der Waals surface area contributed by atoms with Crippen molar-refractivity contribution in [3.63, 3.8) is 0 Å². The van der Waals surface area contributed by atoms with E-state index >= 15 is 0 Å². The van der Waals surface area contributed by atoms with Crippen LogP contribution in [0.1, 0.15) is 24.8 Å². The lowest BCUT2D eigenvalue weighted by molar-refractivity contribution is -0.131. The van der Waals surface area contributed by atoms with Gasteiger partial charge in [-0.05, 0) is 44.0 Å². The number of halogens is 1. The van der Waals surface area contributed by atoms with E-state index in [0.29, 0.717) is 18.4 Å². The Labute approximate surface area is 123 Å². The predicted octanol–water partition coefficient (Wildman–Crippen LogP) is 2.59. The van der Waals surface area contributed by atoms with Crippen molar-refractivity contribution in [3.8, 4) is 0 Å². The Balaban J connectivity index is 1.85. The fourth-order valence-electron chi connectivity index (χ4n) is 2.66. The number of rotatable bonds is 5. The molecule has 19 heavy (non-hydrogen) atoms. The molecule has 1 aliphatic rings. The highest BCUT2D eigenvalue weighted by Gasteiger charge is 2.27. The second-order valence-corrected chi connectivity index (χ2v) is 5.98. The lowest BCUT2D eigenvalue weighted by Crippen LogP contribution is -2.40. The maximum Gasteiger partial charge on any atom is 0.223 e. The van der Waals surface area contributed by atoms with E-state index in [9.17, 15) is 4.79 Å². The van der Waals surface area contributed by atoms with Crippen LogP contribution in [0, 0.1) is 0 Å². The number of likely N-dealkylation sites (N-methyl/N-ethyl adjacent to an activating group) is 1. The molecule has 104 valence electrons. The number of hydrogen-bond acceptors (Lipinski definition) is 2. The normalized spacial score (nSPS) is 18.8. The molecule has 3 nitrogen and oxygen atoms in total. The molecule has 1 unspecified atom stereocenters. The molecule has 0 aliphatic carbocycles. The summed E-state index contributed by atoms with van der Waals surface area (Å²) in [7, 11) is 1.95. The summed E-state index contributed by atoms with van der Waals surface area (Å²) in [5, 5.41) is 3.18. The zero-order valence-corrected chi connectivity index (χ0v) is 12.9. The first-order valence-electron chi connectivity index (χ1n) is 6.89. The van der Waals surface area contributed by atoms with E-state index in [1.807, 2.05) is 19.2 Å². The van der Waals surface area contributed by atoms with Crippen LogP contribution in [0.25, 0.3) is 0 Å². The van der Waals surface area contributed by atoms with E-state index in [-0.39, 0.29) is 0 Å². The average molecular weight is 325 g/mol. The van der Waals surface area contributed by atoms with Gasteiger partial charge in [0.2, 0.25) is 5.91 Å². The number of carbonyl (C=O) groups is 1. The molecule has 1 fully saturated rings. The van der Waals surface area contributed by atoms with Crippen molar-refractivity contribution in [1.29, 1.82) is 0 Å². The Bertz CT molecular complexity index is 419. The van der Waals surface area contributed by atoms with Crippen LogP contribution in [0.2, 0.25) is 0 Å². The zero-order valence-electron chi connectivity index (χ0n) is 11.4. The number of likely N-dealkylation sites (tertiary alicyclic amines) is 1. The molecular formula is C15H21BrN2O. The lowest BCUT2D eigenvalue weighted by Gasteiger charge is -2.24. The minimum absolute atomic E-state index is 0.292. The fourth-order valence-corrected chi connectivity index (χ4v) is 2.92. The van der Waals surface area contributed by atoms with Crippen molar-refractivity contribution >= 4 is 21.8 Å². The summed E-state index contributed by atoms with van der Waals surface area (Å²) in [5.74, 6) is 0.292. The van der Waals surface area contributed by atoms with Gasteiger partial charge in [-0.15, -0.1) is 0 Å². The van der Waals surface area contributed by atoms with Crippen LogP contribution in [0.4, 0.5) is 0 Å². The molecule has 1 aromatic rings. The van der Waals surface area contributed by atoms with Crippen molar-refractivity contribution in [2.24, 2.45) is 0 Å². The number of nitrogens with one attached hydrogen (secondary N) is 1. The highest BCUT2D eigenvalue weighted by atomic mass is 79.9. The van der Waals surface area contributed by atoms with Gasteiger partial charge in [-0.1, -0.05) is 28.1 Å². The second kappa shape index (κ2) is 7.06. The first-order chi connectivity index (χ1) is 9.20. The molecule has 2 rings (SSSR count). The molecule has 0 aromatic heterocycles. The van der Waals surface area contributed by atoms with E-state index in [1.165, 1.54) is 5.56 Å². The van der Waals surface area contributed by atoms with Gasteiger partial charge in [0, 0.05) is 30.0 Å². The first kappa shape index (κ1) is 14.5. The molecule has 0 spiro atoms. The topological polar surface area (TPSA) is 32.3 Å². The van der Waals surface area contributed by atoms with Crippen LogP contribution in [0.5, 0.6) is 0 Å². The molecule has 0 saturated carbocycles. The van der Waals surface area contributed by atoms with E-state index in [0.717, 1.165) is 36.8 Å². The lowest BCUT2D eigenvalue weighted by atomic mass is 10.1. The Hall–Kier alpha value is -0.870. The third-order valence-electron chi connectivity index (χ3n) is 3.68. The van der Waals surface area contributed by atoms with Crippen LogP contribution in [0.15, 0.2) is 28.7 Å². The van der Waals surface area contributed by atoms with Crippen LogP contribution in [-0.4, -0.2) is 37.0 Å². The summed E-state index contributed by atoms with van der Waals surface area (Å²) >= 11 is 3.42. The maximum absolute atomic E-state index is 12.3. The third-order valence-corrected chi connectivity index (χ3v) is 4.21. The number of amides is 1. The smallest absolute Gasteiger partial charge is 0.223 e. The number of benzene rings is 1. The van der Waals surface area contributed by atoms with Crippen LogP contribution < -0.4 is 5.32 Å². The molecule has 1 aliphatic heterocycles. The Morgan fingerprint density at radius 1 is 1.42 bits per heavy atom. The van der Waals surface area contributed by atoms with Gasteiger partial charge in [-0.25, -0.2) is 0 Å². The van der Waals surface area contributed by atoms with Gasteiger partial charge in [0.1, 0.15) is 0 Å².